The predicted octanol–water partition coefficient (Wildman–Crippen LogP) is 3.86. The number of aromatic nitrogens is 1. The Morgan fingerprint density at radius 1 is 0.958 bits per heavy atom. The fourth-order valence-corrected chi connectivity index (χ4v) is 2.60. The molecule has 1 heterocycles. The molecule has 0 aliphatic rings. The minimum atomic E-state index is -0.489. The van der Waals surface area contributed by atoms with Crippen molar-refractivity contribution >= 4 is 11.6 Å². The van der Waals surface area contributed by atoms with Crippen molar-refractivity contribution in [1.82, 2.24) is 4.98 Å². The number of amides is 1. The van der Waals surface area contributed by atoms with Gasteiger partial charge in [0.15, 0.2) is 0 Å². The van der Waals surface area contributed by atoms with Gasteiger partial charge < -0.3 is 10.1 Å². The van der Waals surface area contributed by atoms with Gasteiger partial charge in [0.1, 0.15) is 11.7 Å². The number of carbonyl (C=O) groups is 1. The lowest BCUT2D eigenvalue weighted by molar-refractivity contribution is -0.116. The van der Waals surface area contributed by atoms with Gasteiger partial charge in [-0.2, -0.15) is 0 Å². The highest BCUT2D eigenvalue weighted by Gasteiger charge is 2.24. The highest BCUT2D eigenvalue weighted by Crippen LogP contribution is 2.28. The molecule has 1 atom stereocenters. The lowest BCUT2D eigenvalue weighted by Gasteiger charge is -2.18. The molecule has 0 aliphatic heterocycles. The van der Waals surface area contributed by atoms with Crippen molar-refractivity contribution in [2.75, 3.05) is 12.4 Å². The Morgan fingerprint density at radius 2 is 1.67 bits per heavy atom. The first-order chi connectivity index (χ1) is 11.8. The van der Waals surface area contributed by atoms with E-state index in [4.69, 9.17) is 4.74 Å². The van der Waals surface area contributed by atoms with Crippen molar-refractivity contribution in [1.29, 1.82) is 0 Å². The van der Waals surface area contributed by atoms with Crippen molar-refractivity contribution in [2.45, 2.75) is 5.92 Å². The third kappa shape index (κ3) is 3.43. The molecular weight excluding hydrogens is 300 g/mol. The number of rotatable bonds is 5. The van der Waals surface area contributed by atoms with Gasteiger partial charge in [0.2, 0.25) is 5.91 Å². The fourth-order valence-electron chi connectivity index (χ4n) is 2.60. The standard InChI is InChI=1S/C20H18N2O2/c1-24-18-13-6-5-11-16(18)22-20(23)19(15-9-3-2-4-10-15)17-12-7-8-14-21-17/h2-14,19H,1H3,(H,22,23). The molecule has 1 amide bonds. The molecule has 1 N–H and O–H groups in total. The lowest BCUT2D eigenvalue weighted by Crippen LogP contribution is -2.23. The number of ether oxygens (including phenoxy) is 1. The first-order valence-electron chi connectivity index (χ1n) is 7.69. The summed E-state index contributed by atoms with van der Waals surface area (Å²) in [4.78, 5) is 17.3. The van der Waals surface area contributed by atoms with Gasteiger partial charge in [-0.3, -0.25) is 9.78 Å². The van der Waals surface area contributed by atoms with Gasteiger partial charge in [0.25, 0.3) is 0 Å². The van der Waals surface area contributed by atoms with Gasteiger partial charge in [-0.05, 0) is 29.8 Å². The lowest BCUT2D eigenvalue weighted by atomic mass is 9.94. The summed E-state index contributed by atoms with van der Waals surface area (Å²) in [5.41, 5.74) is 2.24. The van der Waals surface area contributed by atoms with Crippen LogP contribution in [-0.2, 0) is 4.79 Å². The van der Waals surface area contributed by atoms with E-state index < -0.39 is 5.92 Å². The second-order valence-corrected chi connectivity index (χ2v) is 5.29. The summed E-state index contributed by atoms with van der Waals surface area (Å²) in [5, 5.41) is 2.95. The molecule has 0 spiro atoms. The molecule has 3 aromatic rings. The number of methoxy groups -OCH3 is 1. The molecule has 0 saturated carbocycles. The number of hydrogen-bond acceptors (Lipinski definition) is 3. The van der Waals surface area contributed by atoms with Crippen LogP contribution in [0.5, 0.6) is 5.75 Å². The summed E-state index contributed by atoms with van der Waals surface area (Å²) in [5.74, 6) is -0.0135. The molecular formula is C20H18N2O2. The van der Waals surface area contributed by atoms with Crippen LogP contribution < -0.4 is 10.1 Å². The molecule has 0 aliphatic carbocycles. The first kappa shape index (κ1) is 15.7. The molecule has 24 heavy (non-hydrogen) atoms. The number of hydrogen-bond donors (Lipinski definition) is 1. The Kier molecular flexibility index (Phi) is 4.87. The largest absolute Gasteiger partial charge is 0.495 e. The van der Waals surface area contributed by atoms with Crippen LogP contribution in [0.25, 0.3) is 0 Å². The van der Waals surface area contributed by atoms with E-state index in [1.807, 2.05) is 72.8 Å². The molecule has 1 unspecified atom stereocenters. The summed E-state index contributed by atoms with van der Waals surface area (Å²) in [6.07, 6.45) is 1.70. The summed E-state index contributed by atoms with van der Waals surface area (Å²) < 4.78 is 5.31. The SMILES string of the molecule is COc1ccccc1NC(=O)C(c1ccccc1)c1ccccn1. The highest BCUT2D eigenvalue weighted by molar-refractivity contribution is 5.98. The molecule has 0 fully saturated rings. The number of anilines is 1. The zero-order chi connectivity index (χ0) is 16.8. The summed E-state index contributed by atoms with van der Waals surface area (Å²) in [6.45, 7) is 0. The van der Waals surface area contributed by atoms with E-state index in [1.165, 1.54) is 0 Å². The van der Waals surface area contributed by atoms with Crippen molar-refractivity contribution in [3.63, 3.8) is 0 Å². The van der Waals surface area contributed by atoms with Crippen LogP contribution >= 0.6 is 0 Å². The molecule has 3 rings (SSSR count). The second kappa shape index (κ2) is 7.42. The molecule has 0 bridgehead atoms. The summed E-state index contributed by atoms with van der Waals surface area (Å²) in [7, 11) is 1.58. The molecule has 1 aromatic heterocycles. The monoisotopic (exact) mass is 318 g/mol. The predicted molar refractivity (Wildman–Crippen MR) is 94.1 cm³/mol. The van der Waals surface area contributed by atoms with Crippen molar-refractivity contribution in [3.8, 4) is 5.75 Å². The zero-order valence-corrected chi connectivity index (χ0v) is 13.3. The van der Waals surface area contributed by atoms with Gasteiger partial charge in [0.05, 0.1) is 18.5 Å². The number of benzene rings is 2. The maximum absolute atomic E-state index is 13.0. The normalized spacial score (nSPS) is 11.5. The van der Waals surface area contributed by atoms with E-state index >= 15 is 0 Å². The van der Waals surface area contributed by atoms with Gasteiger partial charge in [0, 0.05) is 6.20 Å². The Hall–Kier alpha value is -3.14. The van der Waals surface area contributed by atoms with Crippen LogP contribution in [0.1, 0.15) is 17.2 Å². The number of nitrogens with one attached hydrogen (secondary N) is 1. The van der Waals surface area contributed by atoms with Crippen LogP contribution in [0.3, 0.4) is 0 Å². The van der Waals surface area contributed by atoms with Crippen LogP contribution in [0.4, 0.5) is 5.69 Å². The minimum absolute atomic E-state index is 0.149. The van der Waals surface area contributed by atoms with E-state index in [0.29, 0.717) is 17.1 Å². The van der Waals surface area contributed by atoms with Crippen LogP contribution in [0.2, 0.25) is 0 Å². The maximum atomic E-state index is 13.0. The quantitative estimate of drug-likeness (QED) is 0.777. The Balaban J connectivity index is 1.95. The minimum Gasteiger partial charge on any atom is -0.495 e. The zero-order valence-electron chi connectivity index (χ0n) is 13.3. The molecule has 4 nitrogen and oxygen atoms in total. The smallest absolute Gasteiger partial charge is 0.238 e. The topological polar surface area (TPSA) is 51.2 Å². The number of pyridine rings is 1. The second-order valence-electron chi connectivity index (χ2n) is 5.29. The third-order valence-electron chi connectivity index (χ3n) is 3.74. The third-order valence-corrected chi connectivity index (χ3v) is 3.74. The fraction of sp³-hybridized carbons (Fsp3) is 0.100. The molecule has 2 aromatic carbocycles. The average molecular weight is 318 g/mol. The molecule has 4 heteroatoms. The van der Waals surface area contributed by atoms with Crippen molar-refractivity contribution < 1.29 is 9.53 Å². The van der Waals surface area contributed by atoms with Crippen LogP contribution in [0, 0.1) is 0 Å². The number of para-hydroxylation sites is 2. The van der Waals surface area contributed by atoms with E-state index in [2.05, 4.69) is 10.3 Å². The first-order valence-corrected chi connectivity index (χ1v) is 7.69. The van der Waals surface area contributed by atoms with Crippen LogP contribution in [0.15, 0.2) is 79.0 Å². The number of carbonyl (C=O) groups excluding carboxylic acids is 1. The van der Waals surface area contributed by atoms with E-state index in [1.54, 1.807) is 13.3 Å². The Morgan fingerprint density at radius 3 is 2.38 bits per heavy atom. The maximum Gasteiger partial charge on any atom is 0.238 e. The van der Waals surface area contributed by atoms with Gasteiger partial charge >= 0.3 is 0 Å². The van der Waals surface area contributed by atoms with Gasteiger partial charge in [-0.1, -0.05) is 48.5 Å². The van der Waals surface area contributed by atoms with E-state index in [9.17, 15) is 4.79 Å². The number of nitrogens with zero attached hydrogens (tertiary/aromatic N) is 1. The molecule has 120 valence electrons. The summed E-state index contributed by atoms with van der Waals surface area (Å²) >= 11 is 0. The van der Waals surface area contributed by atoms with Gasteiger partial charge in [-0.25, -0.2) is 0 Å². The van der Waals surface area contributed by atoms with Crippen LogP contribution in [-0.4, -0.2) is 18.0 Å². The molecule has 0 saturated heterocycles. The van der Waals surface area contributed by atoms with E-state index in [0.717, 1.165) is 5.56 Å². The Labute approximate surface area is 141 Å². The van der Waals surface area contributed by atoms with Crippen molar-refractivity contribution in [2.24, 2.45) is 0 Å². The molecule has 0 radical (unpaired) electrons. The van der Waals surface area contributed by atoms with E-state index in [-0.39, 0.29) is 5.91 Å². The average Bonchev–Trinajstić information content (AvgIpc) is 2.64. The van der Waals surface area contributed by atoms with Crippen molar-refractivity contribution in [3.05, 3.63) is 90.3 Å². The van der Waals surface area contributed by atoms with Gasteiger partial charge in [-0.15, -0.1) is 0 Å². The summed E-state index contributed by atoms with van der Waals surface area (Å²) in [6, 6.07) is 22.6. The Bertz CT molecular complexity index is 765. The highest BCUT2D eigenvalue weighted by atomic mass is 16.5.